The first-order valence-corrected chi connectivity index (χ1v) is 14.5. The van der Waals surface area contributed by atoms with Gasteiger partial charge in [0.15, 0.2) is 6.17 Å². The molecule has 1 aromatic carbocycles. The number of quaternary nitrogens is 1. The summed E-state index contributed by atoms with van der Waals surface area (Å²) in [6.45, 7) is 2.47. The Hall–Kier alpha value is -1.89. The maximum absolute atomic E-state index is 15.1. The molecular formula is C31H42Cl2FN3O2. The van der Waals surface area contributed by atoms with Crippen LogP contribution in [0.3, 0.4) is 0 Å². The largest absolute Gasteiger partial charge is 1.00 e. The lowest BCUT2D eigenvalue weighted by Gasteiger charge is -2.47. The van der Waals surface area contributed by atoms with Gasteiger partial charge >= 0.3 is 5.88 Å². The monoisotopic (exact) mass is 577 g/mol. The van der Waals surface area contributed by atoms with Gasteiger partial charge in [-0.2, -0.15) is 4.98 Å². The third-order valence-corrected chi connectivity index (χ3v) is 10.1. The van der Waals surface area contributed by atoms with E-state index in [1.165, 1.54) is 37.7 Å². The number of H-pyrrole nitrogens is 1. The van der Waals surface area contributed by atoms with Gasteiger partial charge in [0.2, 0.25) is 11.6 Å². The summed E-state index contributed by atoms with van der Waals surface area (Å²) in [5, 5.41) is 2.29. The molecule has 3 N–H and O–H groups in total. The van der Waals surface area contributed by atoms with Gasteiger partial charge in [-0.05, 0) is 62.0 Å². The Morgan fingerprint density at radius 3 is 2.56 bits per heavy atom. The Bertz CT molecular complexity index is 1120. The van der Waals surface area contributed by atoms with E-state index in [4.69, 9.17) is 4.74 Å². The highest BCUT2D eigenvalue weighted by molar-refractivity contribution is 5.82. The van der Waals surface area contributed by atoms with Crippen molar-refractivity contribution < 1.29 is 49.0 Å². The number of methoxy groups -OCH3 is 1. The number of nitrogens with zero attached hydrogens (tertiary/aromatic N) is 1. The van der Waals surface area contributed by atoms with Crippen molar-refractivity contribution in [1.82, 2.24) is 4.90 Å². The van der Waals surface area contributed by atoms with E-state index >= 15 is 4.39 Å². The summed E-state index contributed by atoms with van der Waals surface area (Å²) in [6.07, 6.45) is 8.59. The Morgan fingerprint density at radius 2 is 1.82 bits per heavy atom. The van der Waals surface area contributed by atoms with Crippen molar-refractivity contribution in [3.63, 3.8) is 0 Å². The van der Waals surface area contributed by atoms with Gasteiger partial charge in [0.1, 0.15) is 5.92 Å². The molecule has 4 aliphatic rings. The van der Waals surface area contributed by atoms with E-state index in [9.17, 15) is 4.79 Å². The molecule has 1 amide bonds. The van der Waals surface area contributed by atoms with E-state index in [1.807, 2.05) is 12.1 Å². The Kier molecular flexibility index (Phi) is 9.83. The minimum Gasteiger partial charge on any atom is -1.00 e. The minimum atomic E-state index is -1.04. The van der Waals surface area contributed by atoms with Gasteiger partial charge in [0.25, 0.3) is 0 Å². The number of amides is 1. The summed E-state index contributed by atoms with van der Waals surface area (Å²) in [4.78, 5) is 20.1. The summed E-state index contributed by atoms with van der Waals surface area (Å²) >= 11 is 0. The zero-order valence-corrected chi connectivity index (χ0v) is 24.4. The topological polar surface area (TPSA) is 60.3 Å². The lowest BCUT2D eigenvalue weighted by molar-refractivity contribution is -0.640. The lowest BCUT2D eigenvalue weighted by atomic mass is 9.64. The van der Waals surface area contributed by atoms with Crippen LogP contribution >= 0.6 is 0 Å². The van der Waals surface area contributed by atoms with Crippen molar-refractivity contribution in [3.05, 3.63) is 59.3 Å². The molecule has 2 aromatic rings. The van der Waals surface area contributed by atoms with E-state index in [-0.39, 0.29) is 36.1 Å². The number of aromatic amines is 1. The number of carbonyl (C=O) groups excluding carboxylic acids is 1. The zero-order chi connectivity index (χ0) is 25.4. The Morgan fingerprint density at radius 1 is 1.05 bits per heavy atom. The molecule has 2 saturated heterocycles. The van der Waals surface area contributed by atoms with Gasteiger partial charge in [-0.1, -0.05) is 49.6 Å². The summed E-state index contributed by atoms with van der Waals surface area (Å²) < 4.78 is 20.5. The van der Waals surface area contributed by atoms with Crippen LogP contribution in [0.2, 0.25) is 0 Å². The summed E-state index contributed by atoms with van der Waals surface area (Å²) in [6, 6.07) is 15.1. The summed E-state index contributed by atoms with van der Waals surface area (Å²) in [7, 11) is 1.60. The third kappa shape index (κ3) is 5.54. The number of piperidine rings is 1. The number of alkyl halides is 1. The highest BCUT2D eigenvalue weighted by Gasteiger charge is 2.58. The maximum Gasteiger partial charge on any atom is 0.366 e. The molecule has 2 aliphatic carbocycles. The number of carbonyl (C=O) groups is 1. The number of ether oxygens (including phenoxy) is 1. The molecule has 0 bridgehead atoms. The highest BCUT2D eigenvalue weighted by Crippen LogP contribution is 2.48. The van der Waals surface area contributed by atoms with Gasteiger partial charge in [-0.3, -0.25) is 4.79 Å². The van der Waals surface area contributed by atoms with Crippen LogP contribution in [0.5, 0.6) is 5.88 Å². The van der Waals surface area contributed by atoms with Crippen LogP contribution in [0, 0.1) is 11.8 Å². The number of hydrogen-bond acceptors (Lipinski definition) is 2. The van der Waals surface area contributed by atoms with Crippen molar-refractivity contribution in [2.24, 2.45) is 11.8 Å². The van der Waals surface area contributed by atoms with Gasteiger partial charge in [0.05, 0.1) is 31.7 Å². The number of hydrogen-bond donors (Lipinski definition) is 1. The normalized spacial score (nSPS) is 30.7. The number of halogens is 3. The second-order valence-corrected chi connectivity index (χ2v) is 11.9. The number of pyridine rings is 1. The number of nitrogens with two attached hydrogens (primary N) is 1. The van der Waals surface area contributed by atoms with Crippen LogP contribution in [-0.2, 0) is 10.2 Å². The predicted octanol–water partition coefficient (Wildman–Crippen LogP) is -1.89. The molecule has 39 heavy (non-hydrogen) atoms. The fourth-order valence-electron chi connectivity index (χ4n) is 8.21. The van der Waals surface area contributed by atoms with E-state index in [0.717, 1.165) is 44.5 Å². The first kappa shape index (κ1) is 30.1. The van der Waals surface area contributed by atoms with Crippen LogP contribution in [0.4, 0.5) is 4.39 Å². The number of likely N-dealkylation sites (tertiary alicyclic amines) is 1. The van der Waals surface area contributed by atoms with Crippen LogP contribution in [0.1, 0.15) is 86.7 Å². The highest BCUT2D eigenvalue weighted by atomic mass is 35.5. The molecule has 214 valence electrons. The standard InChI is InChI=1S/C31H40FN3O2.2ClH/c1-37-28-13-12-24-29(34-28)26(32)14-16-31(24)20-33-19-25(31)30(36)35-17-15-23(21-8-4-2-5-9-21)18-27(35)22-10-6-3-7-11-22;;/h2,4-5,8-9,12-13,22-23,25-27,33H,3,6-7,10-11,14-20H2,1H3;2*1H/t23-,25?,26?,27+,31+;;/m1../s1. The van der Waals surface area contributed by atoms with E-state index in [0.29, 0.717) is 41.8 Å². The fourth-order valence-corrected chi connectivity index (χ4v) is 8.21. The van der Waals surface area contributed by atoms with Crippen LogP contribution in [-0.4, -0.2) is 43.6 Å². The smallest absolute Gasteiger partial charge is 0.366 e. The summed E-state index contributed by atoms with van der Waals surface area (Å²) in [5.41, 5.74) is 2.71. The van der Waals surface area contributed by atoms with Gasteiger partial charge in [0, 0.05) is 18.2 Å². The second-order valence-electron chi connectivity index (χ2n) is 11.9. The van der Waals surface area contributed by atoms with E-state index < -0.39 is 6.17 Å². The second kappa shape index (κ2) is 12.7. The maximum atomic E-state index is 15.1. The number of fused-ring (bicyclic) bond motifs is 2. The molecule has 1 aromatic heterocycles. The van der Waals surface area contributed by atoms with Crippen LogP contribution in [0.15, 0.2) is 42.5 Å². The molecule has 3 fully saturated rings. The summed E-state index contributed by atoms with van der Waals surface area (Å²) in [5.74, 6) is 1.89. The van der Waals surface area contributed by atoms with Crippen molar-refractivity contribution in [2.45, 2.75) is 81.3 Å². The number of benzene rings is 1. The molecule has 2 aliphatic heterocycles. The lowest BCUT2D eigenvalue weighted by Crippen LogP contribution is -3.00. The average molecular weight is 579 g/mol. The zero-order valence-electron chi connectivity index (χ0n) is 22.9. The fraction of sp³-hybridized carbons (Fsp3) is 0.613. The number of rotatable bonds is 4. The number of nitrogens with one attached hydrogen (secondary N) is 1. The first-order chi connectivity index (χ1) is 18.1. The van der Waals surface area contributed by atoms with Crippen molar-refractivity contribution in [3.8, 4) is 5.88 Å². The Labute approximate surface area is 244 Å². The molecular weight excluding hydrogens is 536 g/mol. The molecule has 8 heteroatoms. The van der Waals surface area contributed by atoms with Gasteiger partial charge < -0.3 is 39.8 Å². The molecule has 5 atom stereocenters. The SMILES string of the molecule is COc1ccc2c([nH+]1)C(F)CC[C@]21C[NH2+]CC1C(=O)N1CC[C@@H](c2ccccc2)C[C@H]1C1CCCCC1.[Cl-].[Cl-]. The predicted molar refractivity (Wildman–Crippen MR) is 140 cm³/mol. The molecule has 6 rings (SSSR count). The minimum absolute atomic E-state index is 0. The van der Waals surface area contributed by atoms with E-state index in [1.54, 1.807) is 7.11 Å². The molecule has 1 spiro atoms. The quantitative estimate of drug-likeness (QED) is 0.462. The van der Waals surface area contributed by atoms with Gasteiger partial charge in [-0.25, -0.2) is 4.39 Å². The van der Waals surface area contributed by atoms with Crippen LogP contribution in [0.25, 0.3) is 0 Å². The molecule has 5 nitrogen and oxygen atoms in total. The first-order valence-electron chi connectivity index (χ1n) is 14.5. The van der Waals surface area contributed by atoms with Gasteiger partial charge in [-0.15, -0.1) is 0 Å². The Balaban J connectivity index is 0.00000176. The van der Waals surface area contributed by atoms with E-state index in [2.05, 4.69) is 45.5 Å². The third-order valence-electron chi connectivity index (χ3n) is 10.1. The molecule has 1 saturated carbocycles. The molecule has 0 radical (unpaired) electrons. The van der Waals surface area contributed by atoms with Crippen molar-refractivity contribution in [1.29, 1.82) is 0 Å². The van der Waals surface area contributed by atoms with Crippen molar-refractivity contribution >= 4 is 5.91 Å². The molecule has 2 unspecified atom stereocenters. The van der Waals surface area contributed by atoms with Crippen molar-refractivity contribution in [2.75, 3.05) is 26.7 Å². The number of aromatic nitrogens is 1. The average Bonchev–Trinajstić information content (AvgIpc) is 3.39. The van der Waals surface area contributed by atoms with Crippen LogP contribution < -0.4 is 39.9 Å². The molecule has 3 heterocycles.